The molecule has 1 aliphatic rings. The average Bonchev–Trinajstić information content (AvgIpc) is 3.18. The van der Waals surface area contributed by atoms with Crippen LogP contribution in [0.15, 0.2) is 18.3 Å². The van der Waals surface area contributed by atoms with Crippen LogP contribution >= 0.6 is 0 Å². The number of amides is 1. The van der Waals surface area contributed by atoms with Gasteiger partial charge >= 0.3 is 6.09 Å². The molecule has 3 rings (SSSR count). The molecule has 0 bridgehead atoms. The molecule has 1 fully saturated rings. The number of hydrogen-bond acceptors (Lipinski definition) is 5. The average molecular weight is 374 g/mol. The minimum Gasteiger partial charge on any atom is -0.444 e. The van der Waals surface area contributed by atoms with Gasteiger partial charge in [-0.25, -0.2) is 9.78 Å². The van der Waals surface area contributed by atoms with Gasteiger partial charge < -0.3 is 24.8 Å². The number of aromatic nitrogens is 2. The number of carbonyl (C=O) groups excluding carboxylic acids is 1. The van der Waals surface area contributed by atoms with Crippen LogP contribution in [0.1, 0.15) is 45.9 Å². The minimum absolute atomic E-state index is 0.102. The summed E-state index contributed by atoms with van der Waals surface area (Å²) in [5.41, 5.74) is 9.71. The lowest BCUT2D eigenvalue weighted by molar-refractivity contribution is 0.0238. The molecule has 0 aliphatic carbocycles. The Morgan fingerprint density at radius 2 is 2.15 bits per heavy atom. The predicted molar refractivity (Wildman–Crippen MR) is 108 cm³/mol. The lowest BCUT2D eigenvalue weighted by atomic mass is 10.1. The third-order valence-electron chi connectivity index (χ3n) is 5.04. The normalized spacial score (nSPS) is 18.8. The SMILES string of the molecule is C[C@H](N)c1nc2ccn(C)c2cc1N1CC[C@H](N(C)C(=O)OC(C)(C)C)C1. The van der Waals surface area contributed by atoms with Crippen LogP contribution in [0, 0.1) is 0 Å². The molecule has 7 heteroatoms. The van der Waals surface area contributed by atoms with Crippen LogP contribution < -0.4 is 10.6 Å². The number of hydrogen-bond donors (Lipinski definition) is 1. The van der Waals surface area contributed by atoms with Crippen molar-refractivity contribution in [1.82, 2.24) is 14.5 Å². The first-order chi connectivity index (χ1) is 12.6. The Balaban J connectivity index is 1.83. The highest BCUT2D eigenvalue weighted by molar-refractivity contribution is 5.81. The van der Waals surface area contributed by atoms with Gasteiger partial charge in [0.1, 0.15) is 5.60 Å². The van der Waals surface area contributed by atoms with E-state index in [1.54, 1.807) is 4.90 Å². The van der Waals surface area contributed by atoms with Crippen LogP contribution in [-0.2, 0) is 11.8 Å². The van der Waals surface area contributed by atoms with Gasteiger partial charge in [0.2, 0.25) is 0 Å². The highest BCUT2D eigenvalue weighted by atomic mass is 16.6. The van der Waals surface area contributed by atoms with Crippen LogP contribution in [0.5, 0.6) is 0 Å². The number of nitrogens with zero attached hydrogens (tertiary/aromatic N) is 4. The fraction of sp³-hybridized carbons (Fsp3) is 0.600. The lowest BCUT2D eigenvalue weighted by Gasteiger charge is -2.29. The summed E-state index contributed by atoms with van der Waals surface area (Å²) in [7, 11) is 3.83. The fourth-order valence-electron chi connectivity index (χ4n) is 3.54. The largest absolute Gasteiger partial charge is 0.444 e. The van der Waals surface area contributed by atoms with E-state index in [0.29, 0.717) is 0 Å². The van der Waals surface area contributed by atoms with Crippen molar-refractivity contribution < 1.29 is 9.53 Å². The van der Waals surface area contributed by atoms with Gasteiger partial charge in [0, 0.05) is 39.4 Å². The second kappa shape index (κ2) is 7.03. The maximum Gasteiger partial charge on any atom is 0.410 e. The number of pyridine rings is 1. The molecule has 3 heterocycles. The number of fused-ring (bicyclic) bond motifs is 1. The van der Waals surface area contributed by atoms with E-state index < -0.39 is 5.60 Å². The second-order valence-electron chi connectivity index (χ2n) is 8.49. The predicted octanol–water partition coefficient (Wildman–Crippen LogP) is 3.04. The highest BCUT2D eigenvalue weighted by Crippen LogP contribution is 2.31. The molecule has 2 atom stereocenters. The molecule has 1 amide bonds. The summed E-state index contributed by atoms with van der Waals surface area (Å²) in [4.78, 5) is 21.2. The molecule has 1 aliphatic heterocycles. The molecule has 0 aromatic carbocycles. The highest BCUT2D eigenvalue weighted by Gasteiger charge is 2.32. The quantitative estimate of drug-likeness (QED) is 0.895. The summed E-state index contributed by atoms with van der Waals surface area (Å²) in [6, 6.07) is 4.11. The van der Waals surface area contributed by atoms with Gasteiger partial charge in [-0.15, -0.1) is 0 Å². The zero-order valence-corrected chi connectivity index (χ0v) is 17.2. The molecule has 0 saturated carbocycles. The van der Waals surface area contributed by atoms with Gasteiger partial charge in [-0.1, -0.05) is 0 Å². The van der Waals surface area contributed by atoms with Crippen molar-refractivity contribution in [1.29, 1.82) is 0 Å². The lowest BCUT2D eigenvalue weighted by Crippen LogP contribution is -2.42. The van der Waals surface area contributed by atoms with Gasteiger partial charge in [-0.2, -0.15) is 0 Å². The Hall–Kier alpha value is -2.28. The van der Waals surface area contributed by atoms with Crippen molar-refractivity contribution in [3.05, 3.63) is 24.0 Å². The zero-order valence-electron chi connectivity index (χ0n) is 17.2. The first-order valence-electron chi connectivity index (χ1n) is 9.49. The van der Waals surface area contributed by atoms with Crippen LogP contribution in [0.3, 0.4) is 0 Å². The number of likely N-dealkylation sites (N-methyl/N-ethyl adjacent to an activating group) is 1. The van der Waals surface area contributed by atoms with Crippen molar-refractivity contribution in [3.63, 3.8) is 0 Å². The minimum atomic E-state index is -0.493. The third kappa shape index (κ3) is 4.03. The fourth-order valence-corrected chi connectivity index (χ4v) is 3.54. The molecular weight excluding hydrogens is 342 g/mol. The summed E-state index contributed by atoms with van der Waals surface area (Å²) < 4.78 is 7.58. The zero-order chi connectivity index (χ0) is 19.9. The van der Waals surface area contributed by atoms with E-state index in [2.05, 4.69) is 15.5 Å². The van der Waals surface area contributed by atoms with Crippen LogP contribution in [0.25, 0.3) is 11.0 Å². The van der Waals surface area contributed by atoms with E-state index in [4.69, 9.17) is 15.5 Å². The number of rotatable bonds is 3. The van der Waals surface area contributed by atoms with Crippen LogP contribution in [0.4, 0.5) is 10.5 Å². The van der Waals surface area contributed by atoms with E-state index in [1.165, 1.54) is 0 Å². The van der Waals surface area contributed by atoms with E-state index >= 15 is 0 Å². The summed E-state index contributed by atoms with van der Waals surface area (Å²) in [5, 5.41) is 0. The Morgan fingerprint density at radius 1 is 1.44 bits per heavy atom. The molecule has 27 heavy (non-hydrogen) atoms. The van der Waals surface area contributed by atoms with Gasteiger partial charge in [-0.05, 0) is 46.2 Å². The van der Waals surface area contributed by atoms with E-state index in [-0.39, 0.29) is 18.2 Å². The van der Waals surface area contributed by atoms with Crippen LogP contribution in [-0.4, -0.2) is 52.3 Å². The molecule has 148 valence electrons. The van der Waals surface area contributed by atoms with Crippen molar-refractivity contribution in [2.24, 2.45) is 12.8 Å². The summed E-state index contributed by atoms with van der Waals surface area (Å²) in [6.45, 7) is 9.21. The monoisotopic (exact) mass is 373 g/mol. The molecular formula is C20H31N5O2. The number of ether oxygens (including phenoxy) is 1. The first-order valence-corrected chi connectivity index (χ1v) is 9.49. The molecule has 0 spiro atoms. The number of carbonyl (C=O) groups is 1. The smallest absolute Gasteiger partial charge is 0.410 e. The molecule has 2 aromatic heterocycles. The molecule has 2 N–H and O–H groups in total. The summed E-state index contributed by atoms with van der Waals surface area (Å²) in [5.74, 6) is 0. The summed E-state index contributed by atoms with van der Waals surface area (Å²) in [6.07, 6.45) is 2.62. The van der Waals surface area contributed by atoms with Crippen molar-refractivity contribution in [3.8, 4) is 0 Å². The number of aryl methyl sites for hydroxylation is 1. The Morgan fingerprint density at radius 3 is 2.78 bits per heavy atom. The molecule has 0 unspecified atom stereocenters. The number of anilines is 1. The molecule has 2 aromatic rings. The third-order valence-corrected chi connectivity index (χ3v) is 5.04. The maximum atomic E-state index is 12.4. The van der Waals surface area contributed by atoms with Crippen molar-refractivity contribution >= 4 is 22.8 Å². The van der Waals surface area contributed by atoms with Gasteiger partial charge in [-0.3, -0.25) is 0 Å². The molecule has 1 saturated heterocycles. The van der Waals surface area contributed by atoms with E-state index in [0.717, 1.165) is 41.9 Å². The maximum absolute atomic E-state index is 12.4. The Bertz CT molecular complexity index is 837. The topological polar surface area (TPSA) is 76.6 Å². The standard InChI is InChI=1S/C20H31N5O2/c1-13(21)18-17(11-16-15(22-18)8-9-23(16)5)25-10-7-14(12-25)24(6)19(26)27-20(2,3)4/h8-9,11,13-14H,7,10,12,21H2,1-6H3/t13-,14-/m0/s1. The number of nitrogens with two attached hydrogens (primary N) is 1. The van der Waals surface area contributed by atoms with Crippen molar-refractivity contribution in [2.45, 2.75) is 51.8 Å². The summed E-state index contributed by atoms with van der Waals surface area (Å²) >= 11 is 0. The van der Waals surface area contributed by atoms with Crippen molar-refractivity contribution in [2.75, 3.05) is 25.0 Å². The van der Waals surface area contributed by atoms with E-state index in [9.17, 15) is 4.79 Å². The molecule has 7 nitrogen and oxygen atoms in total. The molecule has 0 radical (unpaired) electrons. The van der Waals surface area contributed by atoms with E-state index in [1.807, 2.05) is 54.1 Å². The Kier molecular flexibility index (Phi) is 5.08. The van der Waals surface area contributed by atoms with Gasteiger partial charge in [0.15, 0.2) is 0 Å². The van der Waals surface area contributed by atoms with Crippen LogP contribution in [0.2, 0.25) is 0 Å². The Labute approximate surface area is 161 Å². The van der Waals surface area contributed by atoms with Gasteiger partial charge in [0.25, 0.3) is 0 Å². The van der Waals surface area contributed by atoms with Gasteiger partial charge in [0.05, 0.1) is 28.5 Å². The second-order valence-corrected chi connectivity index (χ2v) is 8.49. The first kappa shape index (κ1) is 19.5.